The molecule has 0 N–H and O–H groups in total. The van der Waals surface area contributed by atoms with Crippen LogP contribution in [0.2, 0.25) is 0 Å². The van der Waals surface area contributed by atoms with Crippen molar-refractivity contribution in [2.75, 3.05) is 5.75 Å². The maximum atomic E-state index is 10.6. The molecule has 0 fully saturated rings. The van der Waals surface area contributed by atoms with Crippen molar-refractivity contribution in [1.29, 1.82) is 0 Å². The molecule has 0 radical (unpaired) electrons. The molecule has 0 aromatic heterocycles. The van der Waals surface area contributed by atoms with Crippen molar-refractivity contribution in [2.24, 2.45) is 0 Å². The first kappa shape index (κ1) is 12.3. The number of thiol groups is 1. The van der Waals surface area contributed by atoms with Gasteiger partial charge in [0.05, 0.1) is 10.5 Å². The van der Waals surface area contributed by atoms with Crippen molar-refractivity contribution in [1.82, 2.24) is 0 Å². The van der Waals surface area contributed by atoms with Gasteiger partial charge in [-0.05, 0) is 12.1 Å². The Balaban J connectivity index is 3.08. The number of nitrogens with zero attached hydrogens (tertiary/aromatic N) is 1. The van der Waals surface area contributed by atoms with E-state index in [1.54, 1.807) is 6.07 Å². The fourth-order valence-electron chi connectivity index (χ4n) is 1.10. The van der Waals surface area contributed by atoms with Gasteiger partial charge >= 0.3 is 0 Å². The summed E-state index contributed by atoms with van der Waals surface area (Å²) in [5, 5.41) is 10.6. The van der Waals surface area contributed by atoms with Gasteiger partial charge in [-0.3, -0.25) is 14.9 Å². The van der Waals surface area contributed by atoms with Crippen molar-refractivity contribution in [3.63, 3.8) is 0 Å². The Morgan fingerprint density at radius 2 is 2.25 bits per heavy atom. The Labute approximate surface area is 98.2 Å². The molecule has 0 saturated heterocycles. The SMILES string of the molecule is O=Cc1ccc(C#CCCS)cc1[N+](=O)[O-]. The van der Waals surface area contributed by atoms with E-state index in [9.17, 15) is 14.9 Å². The van der Waals surface area contributed by atoms with Gasteiger partial charge in [-0.2, -0.15) is 12.6 Å². The second-order valence-corrected chi connectivity index (χ2v) is 3.37. The van der Waals surface area contributed by atoms with Crippen molar-refractivity contribution < 1.29 is 9.72 Å². The summed E-state index contributed by atoms with van der Waals surface area (Å²) in [5.74, 6) is 6.23. The average Bonchev–Trinajstić information content (AvgIpc) is 2.29. The van der Waals surface area contributed by atoms with Crippen LogP contribution < -0.4 is 0 Å². The van der Waals surface area contributed by atoms with Gasteiger partial charge in [0.2, 0.25) is 0 Å². The van der Waals surface area contributed by atoms with E-state index < -0.39 is 4.92 Å². The minimum Gasteiger partial charge on any atom is -0.298 e. The molecule has 0 unspecified atom stereocenters. The van der Waals surface area contributed by atoms with Gasteiger partial charge < -0.3 is 0 Å². The minimum atomic E-state index is -0.590. The monoisotopic (exact) mass is 235 g/mol. The lowest BCUT2D eigenvalue weighted by Crippen LogP contribution is -1.94. The fraction of sp³-hybridized carbons (Fsp3) is 0.182. The molecule has 0 aliphatic rings. The minimum absolute atomic E-state index is 0.0599. The molecule has 0 spiro atoms. The highest BCUT2D eigenvalue weighted by Gasteiger charge is 2.12. The highest BCUT2D eigenvalue weighted by Crippen LogP contribution is 2.18. The number of nitro benzene ring substituents is 1. The zero-order valence-electron chi connectivity index (χ0n) is 8.34. The number of carbonyl (C=O) groups excluding carboxylic acids is 1. The molecular weight excluding hydrogens is 226 g/mol. The number of aldehydes is 1. The summed E-state index contributed by atoms with van der Waals surface area (Å²) >= 11 is 3.99. The number of nitro groups is 1. The Bertz CT molecular complexity index is 474. The van der Waals surface area contributed by atoms with Gasteiger partial charge in [0.15, 0.2) is 6.29 Å². The maximum Gasteiger partial charge on any atom is 0.281 e. The lowest BCUT2D eigenvalue weighted by atomic mass is 10.1. The van der Waals surface area contributed by atoms with Crippen LogP contribution >= 0.6 is 12.6 Å². The molecule has 4 nitrogen and oxygen atoms in total. The van der Waals surface area contributed by atoms with Crippen LogP contribution in [0.5, 0.6) is 0 Å². The molecule has 82 valence electrons. The summed E-state index contributed by atoms with van der Waals surface area (Å²) < 4.78 is 0. The predicted molar refractivity (Wildman–Crippen MR) is 63.8 cm³/mol. The smallest absolute Gasteiger partial charge is 0.281 e. The summed E-state index contributed by atoms with van der Waals surface area (Å²) in [6.07, 6.45) is 1.08. The largest absolute Gasteiger partial charge is 0.298 e. The zero-order valence-corrected chi connectivity index (χ0v) is 9.24. The molecule has 1 aromatic carbocycles. The van der Waals surface area contributed by atoms with Crippen LogP contribution in [0.3, 0.4) is 0 Å². The first-order chi connectivity index (χ1) is 7.69. The summed E-state index contributed by atoms with van der Waals surface area (Å²) in [7, 11) is 0. The van der Waals surface area contributed by atoms with Crippen LogP contribution in [0.4, 0.5) is 5.69 Å². The average molecular weight is 235 g/mol. The first-order valence-corrected chi connectivity index (χ1v) is 5.15. The van der Waals surface area contributed by atoms with E-state index in [4.69, 9.17) is 0 Å². The molecule has 0 aliphatic carbocycles. The van der Waals surface area contributed by atoms with Crippen molar-refractivity contribution in [3.05, 3.63) is 39.4 Å². The number of benzene rings is 1. The van der Waals surface area contributed by atoms with Crippen molar-refractivity contribution in [2.45, 2.75) is 6.42 Å². The van der Waals surface area contributed by atoms with E-state index in [0.29, 0.717) is 24.0 Å². The second kappa shape index (κ2) is 5.93. The van der Waals surface area contributed by atoms with Crippen LogP contribution in [0.15, 0.2) is 18.2 Å². The van der Waals surface area contributed by atoms with E-state index in [2.05, 4.69) is 24.5 Å². The third-order valence-electron chi connectivity index (χ3n) is 1.82. The lowest BCUT2D eigenvalue weighted by molar-refractivity contribution is -0.385. The normalized spacial score (nSPS) is 9.06. The Morgan fingerprint density at radius 1 is 1.50 bits per heavy atom. The first-order valence-electron chi connectivity index (χ1n) is 4.52. The molecule has 1 aromatic rings. The van der Waals surface area contributed by atoms with Crippen LogP contribution in [0, 0.1) is 22.0 Å². The van der Waals surface area contributed by atoms with Gasteiger partial charge in [0.1, 0.15) is 0 Å². The number of carbonyl (C=O) groups is 1. The maximum absolute atomic E-state index is 10.6. The molecule has 0 aliphatic heterocycles. The molecule has 0 atom stereocenters. The number of hydrogen-bond donors (Lipinski definition) is 1. The zero-order chi connectivity index (χ0) is 12.0. The standard InChI is InChI=1S/C11H9NO3S/c13-8-10-5-4-9(3-1-2-6-16)7-11(10)12(14)15/h4-5,7-8,16H,2,6H2. The Hall–Kier alpha value is -1.80. The van der Waals surface area contributed by atoms with Gasteiger partial charge in [0, 0.05) is 23.8 Å². The highest BCUT2D eigenvalue weighted by atomic mass is 32.1. The van der Waals surface area contributed by atoms with Crippen molar-refractivity contribution >= 4 is 24.6 Å². The molecule has 5 heteroatoms. The molecule has 0 bridgehead atoms. The van der Waals surface area contributed by atoms with Crippen LogP contribution in [-0.2, 0) is 0 Å². The molecule has 0 saturated carbocycles. The molecule has 0 heterocycles. The van der Waals surface area contributed by atoms with E-state index in [-0.39, 0.29) is 11.3 Å². The lowest BCUT2D eigenvalue weighted by Gasteiger charge is -1.96. The molecule has 16 heavy (non-hydrogen) atoms. The summed E-state index contributed by atoms with van der Waals surface area (Å²) in [6.45, 7) is 0. The third-order valence-corrected chi connectivity index (χ3v) is 2.05. The van der Waals surface area contributed by atoms with E-state index in [0.717, 1.165) is 0 Å². The Morgan fingerprint density at radius 3 is 2.81 bits per heavy atom. The highest BCUT2D eigenvalue weighted by molar-refractivity contribution is 7.80. The Kier molecular flexibility index (Phi) is 4.55. The van der Waals surface area contributed by atoms with Crippen LogP contribution in [0.1, 0.15) is 22.3 Å². The van der Waals surface area contributed by atoms with Crippen LogP contribution in [-0.4, -0.2) is 17.0 Å². The summed E-state index contributed by atoms with van der Waals surface area (Å²) in [5.41, 5.74) is 0.372. The molecule has 1 rings (SSSR count). The fourth-order valence-corrected chi connectivity index (χ4v) is 1.21. The van der Waals surface area contributed by atoms with Gasteiger partial charge in [-0.25, -0.2) is 0 Å². The van der Waals surface area contributed by atoms with Gasteiger partial charge in [-0.1, -0.05) is 11.8 Å². The number of rotatable bonds is 3. The topological polar surface area (TPSA) is 60.2 Å². The van der Waals surface area contributed by atoms with Gasteiger partial charge in [-0.15, -0.1) is 0 Å². The van der Waals surface area contributed by atoms with Gasteiger partial charge in [0.25, 0.3) is 5.69 Å². The summed E-state index contributed by atoms with van der Waals surface area (Å²) in [6, 6.07) is 4.29. The second-order valence-electron chi connectivity index (χ2n) is 2.92. The third kappa shape index (κ3) is 3.11. The predicted octanol–water partition coefficient (Wildman–Crippen LogP) is 2.08. The van der Waals surface area contributed by atoms with E-state index >= 15 is 0 Å². The summed E-state index contributed by atoms with van der Waals surface area (Å²) in [4.78, 5) is 20.6. The quantitative estimate of drug-likeness (QED) is 0.287. The van der Waals surface area contributed by atoms with E-state index in [1.807, 2.05) is 0 Å². The number of hydrogen-bond acceptors (Lipinski definition) is 4. The molecular formula is C11H9NO3S. The van der Waals surface area contributed by atoms with Crippen molar-refractivity contribution in [3.8, 4) is 11.8 Å². The van der Waals surface area contributed by atoms with Crippen LogP contribution in [0.25, 0.3) is 0 Å². The molecule has 0 amide bonds. The van der Waals surface area contributed by atoms with E-state index in [1.165, 1.54) is 12.1 Å².